The summed E-state index contributed by atoms with van der Waals surface area (Å²) >= 11 is 0.738. The molecular weight excluding hydrogens is 386 g/mol. The van der Waals surface area contributed by atoms with Gasteiger partial charge in [-0.05, 0) is 6.07 Å². The van der Waals surface area contributed by atoms with E-state index in [0.717, 1.165) is 24.5 Å². The largest absolute Gasteiger partial charge is 0.493 e. The first-order valence-corrected chi connectivity index (χ1v) is 9.28. The molecule has 0 aliphatic rings. The second kappa shape index (κ2) is 7.62. The maximum Gasteiger partial charge on any atom is 0.340 e. The lowest BCUT2D eigenvalue weighted by Gasteiger charge is -2.15. The number of rotatable bonds is 7. The topological polar surface area (TPSA) is 128 Å². The number of methoxy groups -OCH3 is 3. The molecule has 1 heterocycles. The molecule has 1 aromatic carbocycles. The van der Waals surface area contributed by atoms with Gasteiger partial charge in [0.2, 0.25) is 0 Å². The molecule has 11 heteroatoms. The van der Waals surface area contributed by atoms with Gasteiger partial charge in [-0.2, -0.15) is 0 Å². The van der Waals surface area contributed by atoms with Gasteiger partial charge in [-0.15, -0.1) is 11.3 Å². The van der Waals surface area contributed by atoms with Crippen molar-refractivity contribution in [1.29, 1.82) is 0 Å². The zero-order valence-electron chi connectivity index (χ0n) is 13.9. The number of ether oxygens (including phenoxy) is 3. The van der Waals surface area contributed by atoms with E-state index in [4.69, 9.17) is 14.6 Å². The average Bonchev–Trinajstić information content (AvgIpc) is 3.11. The first-order valence-electron chi connectivity index (χ1n) is 6.92. The van der Waals surface area contributed by atoms with E-state index in [1.807, 2.05) is 0 Å². The van der Waals surface area contributed by atoms with E-state index in [2.05, 4.69) is 9.46 Å². The molecule has 26 heavy (non-hydrogen) atoms. The van der Waals surface area contributed by atoms with Gasteiger partial charge in [0.25, 0.3) is 10.0 Å². The third-order valence-corrected chi connectivity index (χ3v) is 6.07. The van der Waals surface area contributed by atoms with Crippen LogP contribution in [0.5, 0.6) is 11.5 Å². The fraction of sp³-hybridized carbons (Fsp3) is 0.200. The molecule has 0 amide bonds. The SMILES string of the molecule is COC(=O)c1cc(OC)c(OC)cc1NS(=O)(=O)c1cc(C(=O)O)cs1. The van der Waals surface area contributed by atoms with E-state index >= 15 is 0 Å². The highest BCUT2D eigenvalue weighted by Crippen LogP contribution is 2.35. The maximum atomic E-state index is 12.5. The molecule has 0 saturated carbocycles. The van der Waals surface area contributed by atoms with Crippen molar-refractivity contribution in [1.82, 2.24) is 0 Å². The van der Waals surface area contributed by atoms with Crippen LogP contribution in [-0.2, 0) is 14.8 Å². The van der Waals surface area contributed by atoms with Crippen molar-refractivity contribution < 1.29 is 37.3 Å². The van der Waals surface area contributed by atoms with Crippen LogP contribution in [0.2, 0.25) is 0 Å². The van der Waals surface area contributed by atoms with Crippen LogP contribution in [0.1, 0.15) is 20.7 Å². The summed E-state index contributed by atoms with van der Waals surface area (Å²) in [6.45, 7) is 0. The van der Waals surface area contributed by atoms with E-state index in [1.54, 1.807) is 0 Å². The number of carboxylic acid groups (broad SMARTS) is 1. The zero-order valence-corrected chi connectivity index (χ0v) is 15.6. The highest BCUT2D eigenvalue weighted by Gasteiger charge is 2.24. The Labute approximate surface area is 153 Å². The van der Waals surface area contributed by atoms with E-state index in [-0.39, 0.29) is 32.5 Å². The van der Waals surface area contributed by atoms with Crippen LogP contribution in [-0.4, -0.2) is 46.8 Å². The lowest BCUT2D eigenvalue weighted by Crippen LogP contribution is -2.15. The molecule has 0 fully saturated rings. The minimum absolute atomic E-state index is 0.0938. The monoisotopic (exact) mass is 401 g/mol. The van der Waals surface area contributed by atoms with Gasteiger partial charge in [0.1, 0.15) is 4.21 Å². The summed E-state index contributed by atoms with van der Waals surface area (Å²) in [6, 6.07) is 3.57. The number of carboxylic acids is 1. The first kappa shape index (κ1) is 19.5. The van der Waals surface area contributed by atoms with Crippen LogP contribution in [0.3, 0.4) is 0 Å². The second-order valence-corrected chi connectivity index (χ2v) is 7.63. The van der Waals surface area contributed by atoms with Gasteiger partial charge in [-0.1, -0.05) is 0 Å². The Morgan fingerprint density at radius 1 is 1.08 bits per heavy atom. The van der Waals surface area contributed by atoms with Gasteiger partial charge in [0.05, 0.1) is 38.1 Å². The highest BCUT2D eigenvalue weighted by molar-refractivity contribution is 7.94. The molecule has 0 atom stereocenters. The van der Waals surface area contributed by atoms with E-state index in [9.17, 15) is 18.0 Å². The van der Waals surface area contributed by atoms with Crippen molar-refractivity contribution in [3.63, 3.8) is 0 Å². The average molecular weight is 401 g/mol. The summed E-state index contributed by atoms with van der Waals surface area (Å²) in [5.41, 5.74) is -0.348. The summed E-state index contributed by atoms with van der Waals surface area (Å²) in [7, 11) is -0.269. The van der Waals surface area contributed by atoms with Gasteiger partial charge in [0.15, 0.2) is 11.5 Å². The Hall–Kier alpha value is -2.79. The fourth-order valence-corrected chi connectivity index (χ4v) is 4.23. The number of hydrogen-bond acceptors (Lipinski definition) is 8. The second-order valence-electron chi connectivity index (χ2n) is 4.81. The molecule has 0 radical (unpaired) electrons. The molecule has 2 aromatic rings. The smallest absolute Gasteiger partial charge is 0.340 e. The Bertz CT molecular complexity index is 949. The van der Waals surface area contributed by atoms with Gasteiger partial charge < -0.3 is 19.3 Å². The fourth-order valence-electron chi connectivity index (χ4n) is 2.01. The van der Waals surface area contributed by atoms with E-state index in [1.165, 1.54) is 31.7 Å². The quantitative estimate of drug-likeness (QED) is 0.675. The van der Waals surface area contributed by atoms with Crippen LogP contribution < -0.4 is 14.2 Å². The van der Waals surface area contributed by atoms with Crippen LogP contribution in [0.15, 0.2) is 27.8 Å². The number of thiophene rings is 1. The number of hydrogen-bond donors (Lipinski definition) is 2. The molecule has 9 nitrogen and oxygen atoms in total. The molecule has 0 unspecified atom stereocenters. The van der Waals surface area contributed by atoms with Crippen LogP contribution in [0.25, 0.3) is 0 Å². The number of anilines is 1. The standard InChI is InChI=1S/C15H15NO8S2/c1-22-11-5-9(15(19)24-3)10(6-12(11)23-2)16-26(20,21)13-4-8(7-25-13)14(17)18/h4-7,16H,1-3H3,(H,17,18). The van der Waals surface area contributed by atoms with E-state index in [0.29, 0.717) is 0 Å². The molecule has 0 aliphatic heterocycles. The van der Waals surface area contributed by atoms with Crippen molar-refractivity contribution in [3.05, 3.63) is 34.7 Å². The molecule has 1 aromatic heterocycles. The Balaban J connectivity index is 2.52. The number of benzene rings is 1. The lowest BCUT2D eigenvalue weighted by molar-refractivity contribution is 0.0600. The molecule has 0 aliphatic carbocycles. The number of esters is 1. The van der Waals surface area contributed by atoms with Crippen molar-refractivity contribution in [2.45, 2.75) is 4.21 Å². The third-order valence-electron chi connectivity index (χ3n) is 3.26. The van der Waals surface area contributed by atoms with Gasteiger partial charge in [-0.25, -0.2) is 18.0 Å². The summed E-state index contributed by atoms with van der Waals surface area (Å²) in [6.07, 6.45) is 0. The van der Waals surface area contributed by atoms with Gasteiger partial charge >= 0.3 is 11.9 Å². The van der Waals surface area contributed by atoms with Crippen molar-refractivity contribution in [2.75, 3.05) is 26.1 Å². The number of aromatic carboxylic acids is 1. The van der Waals surface area contributed by atoms with Crippen LogP contribution >= 0.6 is 11.3 Å². The van der Waals surface area contributed by atoms with Crippen molar-refractivity contribution in [3.8, 4) is 11.5 Å². The van der Waals surface area contributed by atoms with Gasteiger partial charge in [-0.3, -0.25) is 4.72 Å². The maximum absolute atomic E-state index is 12.5. The third kappa shape index (κ3) is 3.89. The molecule has 0 bridgehead atoms. The summed E-state index contributed by atoms with van der Waals surface area (Å²) in [4.78, 5) is 22.9. The summed E-state index contributed by atoms with van der Waals surface area (Å²) < 4.78 is 42.0. The number of carbonyl (C=O) groups is 2. The molecule has 2 N–H and O–H groups in total. The molecule has 2 rings (SSSR count). The summed E-state index contributed by atoms with van der Waals surface area (Å²) in [5.74, 6) is -1.64. The molecule has 0 spiro atoms. The predicted octanol–water partition coefficient (Wildman–Crippen LogP) is 2.05. The minimum atomic E-state index is -4.13. The van der Waals surface area contributed by atoms with E-state index < -0.39 is 22.0 Å². The van der Waals surface area contributed by atoms with Crippen molar-refractivity contribution >= 4 is 39.0 Å². The highest BCUT2D eigenvalue weighted by atomic mass is 32.2. The van der Waals surface area contributed by atoms with Crippen molar-refractivity contribution in [2.24, 2.45) is 0 Å². The van der Waals surface area contributed by atoms with Crippen LogP contribution in [0.4, 0.5) is 5.69 Å². The molecule has 140 valence electrons. The number of nitrogens with one attached hydrogen (secondary N) is 1. The normalized spacial score (nSPS) is 10.9. The minimum Gasteiger partial charge on any atom is -0.493 e. The number of sulfonamides is 1. The predicted molar refractivity (Wildman–Crippen MR) is 93.0 cm³/mol. The Morgan fingerprint density at radius 3 is 2.19 bits per heavy atom. The Kier molecular flexibility index (Phi) is 5.73. The Morgan fingerprint density at radius 2 is 1.69 bits per heavy atom. The number of carbonyl (C=O) groups excluding carboxylic acids is 1. The summed E-state index contributed by atoms with van der Waals surface area (Å²) in [5, 5.41) is 10.1. The zero-order chi connectivity index (χ0) is 19.5. The lowest BCUT2D eigenvalue weighted by atomic mass is 10.1. The van der Waals surface area contributed by atoms with Crippen LogP contribution in [0, 0.1) is 0 Å². The molecular formula is C15H15NO8S2. The van der Waals surface area contributed by atoms with Gasteiger partial charge in [0, 0.05) is 17.5 Å². The molecule has 0 saturated heterocycles. The first-order chi connectivity index (χ1) is 12.2.